The van der Waals surface area contributed by atoms with Crippen LogP contribution in [0, 0.1) is 5.82 Å². The fourth-order valence-corrected chi connectivity index (χ4v) is 1.98. The minimum Gasteiger partial charge on any atom is -0.313 e. The van der Waals surface area contributed by atoms with Crippen molar-refractivity contribution in [3.63, 3.8) is 0 Å². The Morgan fingerprint density at radius 1 is 1.30 bits per heavy atom. The predicted molar refractivity (Wildman–Crippen MR) is 70.5 cm³/mol. The first-order chi connectivity index (χ1) is 9.65. The molecule has 0 aliphatic rings. The molecule has 1 heterocycles. The monoisotopic (exact) mass is 283 g/mol. The summed E-state index contributed by atoms with van der Waals surface area (Å²) >= 11 is 0. The summed E-state index contributed by atoms with van der Waals surface area (Å²) < 4.78 is 41.2. The molecule has 3 nitrogen and oxygen atoms in total. The van der Waals surface area contributed by atoms with Crippen LogP contribution in [-0.2, 0) is 6.54 Å². The van der Waals surface area contributed by atoms with E-state index in [1.807, 2.05) is 6.92 Å². The fraction of sp³-hybridized carbons (Fsp3) is 0.357. The summed E-state index contributed by atoms with van der Waals surface area (Å²) in [4.78, 5) is 0. The molecule has 108 valence electrons. The predicted octanol–water partition coefficient (Wildman–Crippen LogP) is 3.45. The Bertz CT molecular complexity index is 567. The largest absolute Gasteiger partial charge is 0.313 e. The summed E-state index contributed by atoms with van der Waals surface area (Å²) in [5, 5.41) is 6.95. The first kappa shape index (κ1) is 14.6. The standard InChI is InChI=1S/C14H16F3N3/c1-2-7-18-8-10-9-19-20(13(10)14(16)17)12-6-4-3-5-11(12)15/h3-6,9,14,18H,2,7-8H2,1H3. The van der Waals surface area contributed by atoms with Gasteiger partial charge in [0.05, 0.1) is 6.20 Å². The van der Waals surface area contributed by atoms with E-state index in [1.165, 1.54) is 24.4 Å². The molecule has 0 atom stereocenters. The first-order valence-corrected chi connectivity index (χ1v) is 6.45. The van der Waals surface area contributed by atoms with E-state index in [9.17, 15) is 13.2 Å². The molecule has 1 aromatic carbocycles. The highest BCUT2D eigenvalue weighted by Gasteiger charge is 2.21. The van der Waals surface area contributed by atoms with Gasteiger partial charge in [-0.1, -0.05) is 19.1 Å². The van der Waals surface area contributed by atoms with Crippen LogP contribution in [0.15, 0.2) is 30.5 Å². The second kappa shape index (κ2) is 6.56. The van der Waals surface area contributed by atoms with Crippen LogP contribution in [0.1, 0.15) is 31.0 Å². The molecule has 0 bridgehead atoms. The summed E-state index contributed by atoms with van der Waals surface area (Å²) in [7, 11) is 0. The van der Waals surface area contributed by atoms with Crippen LogP contribution < -0.4 is 5.32 Å². The van der Waals surface area contributed by atoms with Crippen LogP contribution in [-0.4, -0.2) is 16.3 Å². The summed E-state index contributed by atoms with van der Waals surface area (Å²) in [6.07, 6.45) is -0.447. The molecular formula is C14H16F3N3. The maximum Gasteiger partial charge on any atom is 0.280 e. The lowest BCUT2D eigenvalue weighted by Gasteiger charge is -2.10. The lowest BCUT2D eigenvalue weighted by atomic mass is 10.2. The summed E-state index contributed by atoms with van der Waals surface area (Å²) in [6.45, 7) is 3.01. The molecule has 6 heteroatoms. The molecule has 0 amide bonds. The van der Waals surface area contributed by atoms with E-state index in [4.69, 9.17) is 0 Å². The van der Waals surface area contributed by atoms with Gasteiger partial charge in [-0.05, 0) is 25.1 Å². The van der Waals surface area contributed by atoms with Gasteiger partial charge in [0, 0.05) is 12.1 Å². The molecule has 0 spiro atoms. The van der Waals surface area contributed by atoms with Crippen LogP contribution in [0.5, 0.6) is 0 Å². The number of halogens is 3. The highest BCUT2D eigenvalue weighted by molar-refractivity contribution is 5.36. The van der Waals surface area contributed by atoms with E-state index in [2.05, 4.69) is 10.4 Å². The molecule has 20 heavy (non-hydrogen) atoms. The lowest BCUT2D eigenvalue weighted by Crippen LogP contribution is -2.15. The first-order valence-electron chi connectivity index (χ1n) is 6.45. The maximum atomic E-state index is 13.7. The number of hydrogen-bond donors (Lipinski definition) is 1. The second-order valence-electron chi connectivity index (χ2n) is 4.40. The van der Waals surface area contributed by atoms with Crippen molar-refractivity contribution in [2.45, 2.75) is 26.3 Å². The summed E-state index contributed by atoms with van der Waals surface area (Å²) in [5.74, 6) is -0.578. The third kappa shape index (κ3) is 3.01. The second-order valence-corrected chi connectivity index (χ2v) is 4.40. The SMILES string of the molecule is CCCNCc1cnn(-c2ccccc2F)c1C(F)F. The lowest BCUT2D eigenvalue weighted by molar-refractivity contribution is 0.141. The van der Waals surface area contributed by atoms with Gasteiger partial charge in [-0.15, -0.1) is 0 Å². The van der Waals surface area contributed by atoms with Crippen molar-refractivity contribution in [2.75, 3.05) is 6.54 Å². The van der Waals surface area contributed by atoms with Crippen molar-refractivity contribution in [1.29, 1.82) is 0 Å². The average molecular weight is 283 g/mol. The number of nitrogens with one attached hydrogen (secondary N) is 1. The molecule has 0 saturated carbocycles. The fourth-order valence-electron chi connectivity index (χ4n) is 1.98. The van der Waals surface area contributed by atoms with Crippen LogP contribution in [0.2, 0.25) is 0 Å². The molecule has 0 saturated heterocycles. The van der Waals surface area contributed by atoms with Gasteiger partial charge >= 0.3 is 0 Å². The van der Waals surface area contributed by atoms with E-state index >= 15 is 0 Å². The molecule has 2 aromatic rings. The minimum atomic E-state index is -2.71. The van der Waals surface area contributed by atoms with Gasteiger partial charge in [0.2, 0.25) is 0 Å². The minimum absolute atomic E-state index is 0.0320. The molecule has 0 aliphatic carbocycles. The smallest absolute Gasteiger partial charge is 0.280 e. The molecule has 1 aromatic heterocycles. The van der Waals surface area contributed by atoms with Crippen LogP contribution >= 0.6 is 0 Å². The number of para-hydroxylation sites is 1. The van der Waals surface area contributed by atoms with Gasteiger partial charge in [-0.25, -0.2) is 17.9 Å². The molecular weight excluding hydrogens is 267 g/mol. The molecule has 0 radical (unpaired) electrons. The van der Waals surface area contributed by atoms with Crippen LogP contribution in [0.4, 0.5) is 13.2 Å². The van der Waals surface area contributed by atoms with Gasteiger partial charge in [0.15, 0.2) is 0 Å². The van der Waals surface area contributed by atoms with E-state index < -0.39 is 12.2 Å². The van der Waals surface area contributed by atoms with Gasteiger partial charge in [0.25, 0.3) is 6.43 Å². The Kier molecular flexibility index (Phi) is 4.79. The number of nitrogens with zero attached hydrogens (tertiary/aromatic N) is 2. The Balaban J connectivity index is 2.37. The van der Waals surface area contributed by atoms with E-state index in [0.29, 0.717) is 12.1 Å². The maximum absolute atomic E-state index is 13.7. The highest BCUT2D eigenvalue weighted by Crippen LogP contribution is 2.26. The van der Waals surface area contributed by atoms with Gasteiger partial charge in [0.1, 0.15) is 17.2 Å². The zero-order chi connectivity index (χ0) is 14.5. The van der Waals surface area contributed by atoms with Crippen molar-refractivity contribution in [1.82, 2.24) is 15.1 Å². The van der Waals surface area contributed by atoms with Crippen molar-refractivity contribution in [2.24, 2.45) is 0 Å². The Labute approximate surface area is 115 Å². The summed E-state index contributed by atoms with van der Waals surface area (Å²) in [5.41, 5.74) is 0.153. The quantitative estimate of drug-likeness (QED) is 0.823. The molecule has 0 unspecified atom stereocenters. The number of aromatic nitrogens is 2. The molecule has 0 aliphatic heterocycles. The van der Waals surface area contributed by atoms with Gasteiger partial charge < -0.3 is 5.32 Å². The zero-order valence-corrected chi connectivity index (χ0v) is 11.1. The topological polar surface area (TPSA) is 29.9 Å². The van der Waals surface area contributed by atoms with E-state index in [0.717, 1.165) is 17.6 Å². The molecule has 1 N–H and O–H groups in total. The van der Waals surface area contributed by atoms with E-state index in [-0.39, 0.29) is 11.4 Å². The van der Waals surface area contributed by atoms with E-state index in [1.54, 1.807) is 6.07 Å². The zero-order valence-electron chi connectivity index (χ0n) is 11.1. The molecule has 2 rings (SSSR count). The van der Waals surface area contributed by atoms with Crippen LogP contribution in [0.3, 0.4) is 0 Å². The Hall–Kier alpha value is -1.82. The van der Waals surface area contributed by atoms with Crippen molar-refractivity contribution >= 4 is 0 Å². The normalized spacial score (nSPS) is 11.2. The number of rotatable bonds is 6. The highest BCUT2D eigenvalue weighted by atomic mass is 19.3. The third-order valence-electron chi connectivity index (χ3n) is 2.92. The third-order valence-corrected chi connectivity index (χ3v) is 2.92. The van der Waals surface area contributed by atoms with Gasteiger partial charge in [-0.3, -0.25) is 0 Å². The Morgan fingerprint density at radius 3 is 2.70 bits per heavy atom. The van der Waals surface area contributed by atoms with Gasteiger partial charge in [-0.2, -0.15) is 5.10 Å². The van der Waals surface area contributed by atoms with Crippen molar-refractivity contribution in [3.8, 4) is 5.69 Å². The van der Waals surface area contributed by atoms with Crippen molar-refractivity contribution in [3.05, 3.63) is 47.5 Å². The van der Waals surface area contributed by atoms with Crippen molar-refractivity contribution < 1.29 is 13.2 Å². The average Bonchev–Trinajstić information content (AvgIpc) is 2.83. The number of alkyl halides is 2. The van der Waals surface area contributed by atoms with Crippen LogP contribution in [0.25, 0.3) is 5.69 Å². The number of benzene rings is 1. The molecule has 0 fully saturated rings. The number of hydrogen-bond acceptors (Lipinski definition) is 2. The summed E-state index contributed by atoms with van der Waals surface area (Å²) in [6, 6.07) is 5.75. The Morgan fingerprint density at radius 2 is 2.05 bits per heavy atom.